The zero-order valence-electron chi connectivity index (χ0n) is 11.7. The van der Waals surface area contributed by atoms with Crippen LogP contribution in [-0.2, 0) is 16.1 Å². The average Bonchev–Trinajstić information content (AvgIpc) is 2.54. The van der Waals surface area contributed by atoms with Crippen molar-refractivity contribution in [3.8, 4) is 0 Å². The highest BCUT2D eigenvalue weighted by atomic mass is 16.5. The molecule has 21 heavy (non-hydrogen) atoms. The molecule has 0 aliphatic rings. The molecule has 0 aliphatic heterocycles. The number of rotatable bonds is 5. The van der Waals surface area contributed by atoms with E-state index in [1.165, 1.54) is 7.11 Å². The minimum atomic E-state index is -0.279. The van der Waals surface area contributed by atoms with E-state index in [0.29, 0.717) is 5.56 Å². The van der Waals surface area contributed by atoms with Crippen LogP contribution < -0.4 is 4.57 Å². The first-order valence-corrected chi connectivity index (χ1v) is 6.50. The van der Waals surface area contributed by atoms with Crippen molar-refractivity contribution in [3.05, 3.63) is 65.5 Å². The lowest BCUT2D eigenvalue weighted by Crippen LogP contribution is -2.37. The molecule has 2 rings (SSSR count). The number of hydrogen-bond acceptors (Lipinski definition) is 3. The number of esters is 1. The third-order valence-corrected chi connectivity index (χ3v) is 3.00. The third kappa shape index (κ3) is 4.38. The molecule has 1 aromatic heterocycles. The number of carbonyl (C=O) groups is 2. The highest BCUT2D eigenvalue weighted by molar-refractivity contribution is 5.76. The Morgan fingerprint density at radius 1 is 1.00 bits per heavy atom. The molecule has 0 fully saturated rings. The monoisotopic (exact) mass is 282 g/mol. The maximum absolute atomic E-state index is 11.1. The fraction of sp³-hybridized carbons (Fsp3) is 0.118. The predicted molar refractivity (Wildman–Crippen MR) is 79.4 cm³/mol. The molecular weight excluding hydrogens is 266 g/mol. The molecule has 0 spiro atoms. The van der Waals surface area contributed by atoms with Crippen LogP contribution in [0.2, 0.25) is 0 Å². The molecule has 0 N–H and O–H groups in total. The van der Waals surface area contributed by atoms with E-state index in [4.69, 9.17) is 0 Å². The Morgan fingerprint density at radius 3 is 2.05 bits per heavy atom. The zero-order chi connectivity index (χ0) is 15.1. The van der Waals surface area contributed by atoms with E-state index in [0.717, 1.165) is 17.4 Å². The second-order valence-electron chi connectivity index (χ2n) is 4.50. The van der Waals surface area contributed by atoms with Crippen molar-refractivity contribution in [1.29, 1.82) is 0 Å². The number of aldehydes is 1. The first-order valence-electron chi connectivity index (χ1n) is 6.50. The van der Waals surface area contributed by atoms with Crippen LogP contribution in [0.5, 0.6) is 0 Å². The number of aromatic nitrogens is 1. The molecule has 0 atom stereocenters. The highest BCUT2D eigenvalue weighted by Gasteiger charge is 2.07. The van der Waals surface area contributed by atoms with Crippen molar-refractivity contribution in [1.82, 2.24) is 0 Å². The topological polar surface area (TPSA) is 47.2 Å². The summed E-state index contributed by atoms with van der Waals surface area (Å²) in [5.74, 6) is -0.279. The number of methoxy groups -OCH3 is 1. The average molecular weight is 282 g/mol. The van der Waals surface area contributed by atoms with Gasteiger partial charge in [-0.25, -0.2) is 4.79 Å². The number of nitrogens with zero attached hydrogens (tertiary/aromatic N) is 1. The molecule has 1 heterocycles. The van der Waals surface area contributed by atoms with Gasteiger partial charge in [0.25, 0.3) is 0 Å². The predicted octanol–water partition coefficient (Wildman–Crippen LogP) is 2.13. The van der Waals surface area contributed by atoms with Crippen molar-refractivity contribution >= 4 is 24.4 Å². The van der Waals surface area contributed by atoms with Crippen molar-refractivity contribution in [3.63, 3.8) is 0 Å². The molecule has 4 heteroatoms. The van der Waals surface area contributed by atoms with E-state index < -0.39 is 0 Å². The van der Waals surface area contributed by atoms with Crippen LogP contribution in [0.1, 0.15) is 21.5 Å². The second-order valence-corrected chi connectivity index (χ2v) is 4.50. The first-order chi connectivity index (χ1) is 10.2. The summed E-state index contributed by atoms with van der Waals surface area (Å²) >= 11 is 0. The van der Waals surface area contributed by atoms with Crippen LogP contribution in [0.25, 0.3) is 12.2 Å². The number of ether oxygens (including phenoxy) is 1. The van der Waals surface area contributed by atoms with Gasteiger partial charge in [0.05, 0.1) is 7.11 Å². The number of pyridine rings is 1. The van der Waals surface area contributed by atoms with Crippen LogP contribution in [0.4, 0.5) is 0 Å². The Labute approximate surface area is 123 Å². The summed E-state index contributed by atoms with van der Waals surface area (Å²) in [6, 6.07) is 11.2. The van der Waals surface area contributed by atoms with Gasteiger partial charge >= 0.3 is 5.97 Å². The quantitative estimate of drug-likeness (QED) is 0.479. The van der Waals surface area contributed by atoms with Gasteiger partial charge in [-0.3, -0.25) is 4.79 Å². The molecule has 4 nitrogen and oxygen atoms in total. The van der Waals surface area contributed by atoms with Crippen molar-refractivity contribution < 1.29 is 18.9 Å². The fourth-order valence-electron chi connectivity index (χ4n) is 1.78. The summed E-state index contributed by atoms with van der Waals surface area (Å²) in [6.45, 7) is 0.202. The minimum absolute atomic E-state index is 0.202. The van der Waals surface area contributed by atoms with Gasteiger partial charge in [0.1, 0.15) is 6.29 Å². The minimum Gasteiger partial charge on any atom is -0.464 e. The molecule has 0 unspecified atom stereocenters. The number of carbonyl (C=O) groups excluding carboxylic acids is 2. The molecule has 2 aromatic rings. The maximum atomic E-state index is 11.1. The normalized spacial score (nSPS) is 10.5. The molecular formula is C17H16NO3+. The Kier molecular flexibility index (Phi) is 4.99. The van der Waals surface area contributed by atoms with Crippen LogP contribution in [0.3, 0.4) is 0 Å². The summed E-state index contributed by atoms with van der Waals surface area (Å²) in [7, 11) is 1.37. The Morgan fingerprint density at radius 2 is 1.52 bits per heavy atom. The van der Waals surface area contributed by atoms with Gasteiger partial charge in [0.2, 0.25) is 6.54 Å². The SMILES string of the molecule is COC(=O)C[n+]1ccc(C=Cc2ccc(C=O)cc2)cc1. The summed E-state index contributed by atoms with van der Waals surface area (Å²) in [6.07, 6.45) is 8.41. The zero-order valence-corrected chi connectivity index (χ0v) is 11.7. The standard InChI is InChI=1S/C17H16NO3/c1-21-17(20)12-18-10-8-15(9-11-18)3-2-14-4-6-16(13-19)7-5-14/h2-11,13H,12H2,1H3/q+1. The van der Waals surface area contributed by atoms with Crippen molar-refractivity contribution in [2.24, 2.45) is 0 Å². The van der Waals surface area contributed by atoms with Crippen molar-refractivity contribution in [2.75, 3.05) is 7.11 Å². The van der Waals surface area contributed by atoms with Gasteiger partial charge in [-0.15, -0.1) is 0 Å². The van der Waals surface area contributed by atoms with E-state index in [1.807, 2.05) is 48.8 Å². The molecule has 0 aliphatic carbocycles. The van der Waals surface area contributed by atoms with E-state index in [1.54, 1.807) is 16.7 Å². The number of benzene rings is 1. The van der Waals surface area contributed by atoms with Gasteiger partial charge in [-0.05, 0) is 11.1 Å². The van der Waals surface area contributed by atoms with Gasteiger partial charge in [-0.2, -0.15) is 4.57 Å². The molecule has 1 aromatic carbocycles. The molecule has 0 saturated carbocycles. The fourth-order valence-corrected chi connectivity index (χ4v) is 1.78. The van der Waals surface area contributed by atoms with E-state index in [9.17, 15) is 9.59 Å². The molecule has 0 saturated heterocycles. The number of hydrogen-bond donors (Lipinski definition) is 0. The Balaban J connectivity index is 2.03. The summed E-state index contributed by atoms with van der Waals surface area (Å²) in [5, 5.41) is 0. The van der Waals surface area contributed by atoms with E-state index in [2.05, 4.69) is 4.74 Å². The van der Waals surface area contributed by atoms with Crippen LogP contribution in [0, 0.1) is 0 Å². The van der Waals surface area contributed by atoms with E-state index >= 15 is 0 Å². The van der Waals surface area contributed by atoms with Crippen molar-refractivity contribution in [2.45, 2.75) is 6.54 Å². The smallest absolute Gasteiger partial charge is 0.372 e. The largest absolute Gasteiger partial charge is 0.464 e. The summed E-state index contributed by atoms with van der Waals surface area (Å²) < 4.78 is 6.36. The van der Waals surface area contributed by atoms with E-state index in [-0.39, 0.29) is 12.5 Å². The lowest BCUT2D eigenvalue weighted by atomic mass is 10.1. The van der Waals surface area contributed by atoms with Crippen LogP contribution in [-0.4, -0.2) is 19.4 Å². The Hall–Kier alpha value is -2.75. The van der Waals surface area contributed by atoms with Gasteiger partial charge in [0, 0.05) is 17.7 Å². The summed E-state index contributed by atoms with van der Waals surface area (Å²) in [5.41, 5.74) is 2.71. The molecule has 0 bridgehead atoms. The van der Waals surface area contributed by atoms with Gasteiger partial charge < -0.3 is 4.74 Å². The maximum Gasteiger partial charge on any atom is 0.372 e. The highest BCUT2D eigenvalue weighted by Crippen LogP contribution is 2.08. The molecule has 106 valence electrons. The van der Waals surface area contributed by atoms with Crippen LogP contribution in [0.15, 0.2) is 48.8 Å². The van der Waals surface area contributed by atoms with Gasteiger partial charge in [0.15, 0.2) is 12.4 Å². The molecule has 0 radical (unpaired) electrons. The van der Waals surface area contributed by atoms with Gasteiger partial charge in [-0.1, -0.05) is 36.4 Å². The lowest BCUT2D eigenvalue weighted by molar-refractivity contribution is -0.685. The third-order valence-electron chi connectivity index (χ3n) is 3.00. The summed E-state index contributed by atoms with van der Waals surface area (Å²) in [4.78, 5) is 21.7. The molecule has 0 amide bonds. The Bertz CT molecular complexity index is 643. The first kappa shape index (κ1) is 14.7. The lowest BCUT2D eigenvalue weighted by Gasteiger charge is -1.97. The second kappa shape index (κ2) is 7.14. The van der Waals surface area contributed by atoms with Crippen LogP contribution >= 0.6 is 0 Å².